The topological polar surface area (TPSA) is 81.0 Å². The van der Waals surface area contributed by atoms with Gasteiger partial charge in [-0.25, -0.2) is 4.98 Å². The van der Waals surface area contributed by atoms with Gasteiger partial charge in [0, 0.05) is 18.3 Å². The molecular formula is C6H9N3O2. The first-order valence-electron chi connectivity index (χ1n) is 3.15. The molecule has 1 unspecified atom stereocenters. The number of nitrogens with one attached hydrogen (secondary N) is 1. The predicted molar refractivity (Wildman–Crippen MR) is 37.4 cm³/mol. The average Bonchev–Trinajstić information content (AvgIpc) is 2.40. The highest BCUT2D eigenvalue weighted by Crippen LogP contribution is 1.95. The molecule has 1 aromatic rings. The fourth-order valence-corrected chi connectivity index (χ4v) is 0.733. The van der Waals surface area contributed by atoms with Crippen molar-refractivity contribution >= 4 is 6.47 Å². The number of aromatic amines is 1. The van der Waals surface area contributed by atoms with Crippen LogP contribution >= 0.6 is 0 Å². The summed E-state index contributed by atoms with van der Waals surface area (Å²) in [7, 11) is 0. The monoisotopic (exact) mass is 155 g/mol. The zero-order valence-electron chi connectivity index (χ0n) is 5.86. The minimum absolute atomic E-state index is 0.334. The Bertz CT molecular complexity index is 210. The number of imidazole rings is 1. The van der Waals surface area contributed by atoms with E-state index >= 15 is 0 Å². The third-order valence-corrected chi connectivity index (χ3v) is 1.21. The smallest absolute Gasteiger partial charge is 0.294 e. The van der Waals surface area contributed by atoms with Crippen LogP contribution in [0.25, 0.3) is 0 Å². The first kappa shape index (κ1) is 7.74. The number of ether oxygens (including phenoxy) is 1. The van der Waals surface area contributed by atoms with Crippen LogP contribution in [0.15, 0.2) is 12.5 Å². The van der Waals surface area contributed by atoms with Crippen LogP contribution in [0.4, 0.5) is 0 Å². The number of hydrogen-bond donors (Lipinski definition) is 2. The van der Waals surface area contributed by atoms with Crippen LogP contribution in [-0.4, -0.2) is 22.7 Å². The van der Waals surface area contributed by atoms with E-state index in [0.717, 1.165) is 5.69 Å². The third kappa shape index (κ3) is 2.38. The number of carbonyl (C=O) groups is 1. The second-order valence-electron chi connectivity index (χ2n) is 2.05. The summed E-state index contributed by atoms with van der Waals surface area (Å²) >= 11 is 0. The quantitative estimate of drug-likeness (QED) is 0.450. The Hall–Kier alpha value is -1.36. The van der Waals surface area contributed by atoms with Gasteiger partial charge in [0.2, 0.25) is 0 Å². The highest BCUT2D eigenvalue weighted by atomic mass is 16.5. The van der Waals surface area contributed by atoms with Crippen LogP contribution in [0.2, 0.25) is 0 Å². The van der Waals surface area contributed by atoms with Gasteiger partial charge in [-0.2, -0.15) is 0 Å². The van der Waals surface area contributed by atoms with E-state index in [1.54, 1.807) is 12.5 Å². The zero-order chi connectivity index (χ0) is 8.10. The van der Waals surface area contributed by atoms with Crippen LogP contribution in [0.3, 0.4) is 0 Å². The molecule has 0 fully saturated rings. The predicted octanol–water partition coefficient (Wildman–Crippen LogP) is -0.590. The van der Waals surface area contributed by atoms with E-state index in [1.165, 1.54) is 0 Å². The molecule has 1 rings (SSSR count). The fraction of sp³-hybridized carbons (Fsp3) is 0.333. The van der Waals surface area contributed by atoms with Gasteiger partial charge in [0.25, 0.3) is 6.47 Å². The lowest BCUT2D eigenvalue weighted by molar-refractivity contribution is -0.133. The molecule has 5 heteroatoms. The number of H-pyrrole nitrogens is 1. The Morgan fingerprint density at radius 3 is 3.27 bits per heavy atom. The van der Waals surface area contributed by atoms with Gasteiger partial charge in [-0.3, -0.25) is 10.5 Å². The Labute approximate surface area is 63.6 Å². The fourth-order valence-electron chi connectivity index (χ4n) is 0.733. The van der Waals surface area contributed by atoms with Gasteiger partial charge in [0.1, 0.15) is 0 Å². The summed E-state index contributed by atoms with van der Waals surface area (Å²) in [5.74, 6) is 0. The molecule has 0 bridgehead atoms. The van der Waals surface area contributed by atoms with Crippen molar-refractivity contribution in [2.24, 2.45) is 5.73 Å². The molecule has 60 valence electrons. The van der Waals surface area contributed by atoms with E-state index in [2.05, 4.69) is 14.7 Å². The summed E-state index contributed by atoms with van der Waals surface area (Å²) in [5, 5.41) is 0. The van der Waals surface area contributed by atoms with E-state index in [-0.39, 0.29) is 0 Å². The van der Waals surface area contributed by atoms with Gasteiger partial charge in [0.05, 0.1) is 6.33 Å². The largest absolute Gasteiger partial charge is 0.449 e. The van der Waals surface area contributed by atoms with Crippen molar-refractivity contribution in [3.63, 3.8) is 0 Å². The summed E-state index contributed by atoms with van der Waals surface area (Å²) in [6.07, 6.45) is 3.04. The first-order valence-corrected chi connectivity index (χ1v) is 3.15. The molecule has 11 heavy (non-hydrogen) atoms. The number of aromatic nitrogens is 2. The maximum Gasteiger partial charge on any atom is 0.294 e. The van der Waals surface area contributed by atoms with Gasteiger partial charge in [-0.1, -0.05) is 0 Å². The average molecular weight is 155 g/mol. The summed E-state index contributed by atoms with van der Waals surface area (Å²) < 4.78 is 4.46. The summed E-state index contributed by atoms with van der Waals surface area (Å²) in [6, 6.07) is 0. The Morgan fingerprint density at radius 1 is 1.91 bits per heavy atom. The third-order valence-electron chi connectivity index (χ3n) is 1.21. The maximum atomic E-state index is 9.82. The van der Waals surface area contributed by atoms with Crippen molar-refractivity contribution in [2.45, 2.75) is 12.6 Å². The number of rotatable bonds is 4. The van der Waals surface area contributed by atoms with Crippen molar-refractivity contribution in [1.82, 2.24) is 9.97 Å². The molecule has 5 nitrogen and oxygen atoms in total. The molecule has 0 saturated heterocycles. The molecule has 1 aromatic heterocycles. The van der Waals surface area contributed by atoms with Crippen molar-refractivity contribution in [1.29, 1.82) is 0 Å². The lowest BCUT2D eigenvalue weighted by Gasteiger charge is -2.06. The Morgan fingerprint density at radius 2 is 2.73 bits per heavy atom. The van der Waals surface area contributed by atoms with Crippen molar-refractivity contribution < 1.29 is 9.53 Å². The molecule has 0 saturated carbocycles. The number of hydrogen-bond acceptors (Lipinski definition) is 4. The maximum absolute atomic E-state index is 9.82. The molecule has 3 N–H and O–H groups in total. The second-order valence-corrected chi connectivity index (χ2v) is 2.05. The van der Waals surface area contributed by atoms with Crippen LogP contribution in [0, 0.1) is 0 Å². The number of nitrogens with zero attached hydrogens (tertiary/aromatic N) is 1. The van der Waals surface area contributed by atoms with Crippen LogP contribution in [0.1, 0.15) is 5.69 Å². The highest BCUT2D eigenvalue weighted by molar-refractivity contribution is 5.37. The molecule has 1 atom stereocenters. The van der Waals surface area contributed by atoms with Gasteiger partial charge in [0.15, 0.2) is 6.23 Å². The molecule has 0 aliphatic heterocycles. The van der Waals surface area contributed by atoms with Crippen LogP contribution in [-0.2, 0) is 16.0 Å². The molecule has 0 aliphatic carbocycles. The van der Waals surface area contributed by atoms with Gasteiger partial charge < -0.3 is 9.72 Å². The summed E-state index contributed by atoms with van der Waals surface area (Å²) in [4.78, 5) is 16.4. The van der Waals surface area contributed by atoms with E-state index in [9.17, 15) is 4.79 Å². The Balaban J connectivity index is 2.37. The SMILES string of the molecule is NC(Cc1cnc[nH]1)OC=O. The highest BCUT2D eigenvalue weighted by Gasteiger charge is 2.03. The van der Waals surface area contributed by atoms with E-state index in [4.69, 9.17) is 5.73 Å². The molecule has 0 spiro atoms. The summed E-state index contributed by atoms with van der Waals surface area (Å²) in [5.41, 5.74) is 6.22. The van der Waals surface area contributed by atoms with E-state index in [0.29, 0.717) is 12.9 Å². The number of nitrogens with two attached hydrogens (primary N) is 1. The molecular weight excluding hydrogens is 146 g/mol. The van der Waals surface area contributed by atoms with Crippen molar-refractivity contribution in [3.8, 4) is 0 Å². The number of carbonyl (C=O) groups excluding carboxylic acids is 1. The molecule has 0 aliphatic rings. The molecule has 0 amide bonds. The lowest BCUT2D eigenvalue weighted by atomic mass is 10.3. The molecule has 0 aromatic carbocycles. The zero-order valence-corrected chi connectivity index (χ0v) is 5.86. The second kappa shape index (κ2) is 3.72. The lowest BCUT2D eigenvalue weighted by Crippen LogP contribution is -2.25. The van der Waals surface area contributed by atoms with Crippen LogP contribution in [0.5, 0.6) is 0 Å². The molecule has 0 radical (unpaired) electrons. The van der Waals surface area contributed by atoms with Gasteiger partial charge in [-0.05, 0) is 0 Å². The van der Waals surface area contributed by atoms with Crippen molar-refractivity contribution in [2.75, 3.05) is 0 Å². The first-order chi connectivity index (χ1) is 5.33. The normalized spacial score (nSPS) is 12.5. The van der Waals surface area contributed by atoms with Crippen molar-refractivity contribution in [3.05, 3.63) is 18.2 Å². The van der Waals surface area contributed by atoms with E-state index < -0.39 is 6.23 Å². The summed E-state index contributed by atoms with van der Waals surface area (Å²) in [6.45, 7) is 0.334. The van der Waals surface area contributed by atoms with E-state index in [1.807, 2.05) is 0 Å². The Kier molecular flexibility index (Phi) is 2.62. The van der Waals surface area contributed by atoms with Gasteiger partial charge in [-0.15, -0.1) is 0 Å². The minimum Gasteiger partial charge on any atom is -0.449 e. The van der Waals surface area contributed by atoms with Crippen LogP contribution < -0.4 is 5.73 Å². The standard InChI is InChI=1S/C6H9N3O2/c7-6(11-4-10)1-5-2-8-3-9-5/h2-4,6H,1,7H2,(H,8,9). The molecule has 1 heterocycles. The minimum atomic E-state index is -0.590. The van der Waals surface area contributed by atoms with Gasteiger partial charge >= 0.3 is 0 Å².